The number of hydrogen-bond acceptors (Lipinski definition) is 4. The SMILES string of the molecule is c1ccn2c(-c3ccnnc3)nnc2c1. The summed E-state index contributed by atoms with van der Waals surface area (Å²) in [5.74, 6) is 0.778. The van der Waals surface area contributed by atoms with E-state index < -0.39 is 0 Å². The molecule has 72 valence electrons. The van der Waals surface area contributed by atoms with Crippen molar-refractivity contribution in [1.29, 1.82) is 0 Å². The minimum absolute atomic E-state index is 0.778. The van der Waals surface area contributed by atoms with E-state index in [2.05, 4.69) is 20.4 Å². The van der Waals surface area contributed by atoms with Gasteiger partial charge in [-0.25, -0.2) is 0 Å². The van der Waals surface area contributed by atoms with E-state index in [9.17, 15) is 0 Å². The molecule has 0 saturated heterocycles. The molecule has 3 rings (SSSR count). The highest BCUT2D eigenvalue weighted by atomic mass is 15.2. The molecule has 0 N–H and O–H groups in total. The summed E-state index contributed by atoms with van der Waals surface area (Å²) >= 11 is 0. The average molecular weight is 197 g/mol. The second-order valence-corrected chi connectivity index (χ2v) is 3.08. The molecule has 0 fully saturated rings. The Balaban J connectivity index is 2.28. The maximum absolute atomic E-state index is 4.11. The highest BCUT2D eigenvalue weighted by molar-refractivity contribution is 5.57. The third kappa shape index (κ3) is 1.25. The third-order valence-corrected chi connectivity index (χ3v) is 2.16. The average Bonchev–Trinajstić information content (AvgIpc) is 2.74. The Morgan fingerprint density at radius 3 is 2.87 bits per heavy atom. The number of pyridine rings is 1. The fourth-order valence-electron chi connectivity index (χ4n) is 1.46. The Labute approximate surface area is 85.4 Å². The van der Waals surface area contributed by atoms with Gasteiger partial charge in [-0.2, -0.15) is 10.2 Å². The first kappa shape index (κ1) is 8.05. The van der Waals surface area contributed by atoms with Crippen LogP contribution in [0, 0.1) is 0 Å². The quantitative estimate of drug-likeness (QED) is 0.588. The minimum atomic E-state index is 0.778. The van der Waals surface area contributed by atoms with Gasteiger partial charge >= 0.3 is 0 Å². The van der Waals surface area contributed by atoms with Gasteiger partial charge in [0.2, 0.25) is 0 Å². The lowest BCUT2D eigenvalue weighted by Crippen LogP contribution is -1.89. The summed E-state index contributed by atoms with van der Waals surface area (Å²) in [7, 11) is 0. The number of fused-ring (bicyclic) bond motifs is 1. The lowest BCUT2D eigenvalue weighted by molar-refractivity contribution is 1.02. The van der Waals surface area contributed by atoms with Gasteiger partial charge in [0.15, 0.2) is 11.5 Å². The van der Waals surface area contributed by atoms with Crippen LogP contribution in [0.15, 0.2) is 42.9 Å². The fraction of sp³-hybridized carbons (Fsp3) is 0. The molecule has 0 bridgehead atoms. The highest BCUT2D eigenvalue weighted by Crippen LogP contribution is 2.15. The molecule has 3 heterocycles. The van der Waals surface area contributed by atoms with Crippen LogP contribution in [-0.2, 0) is 0 Å². The summed E-state index contributed by atoms with van der Waals surface area (Å²) in [5, 5.41) is 15.7. The predicted octanol–water partition coefficient (Wildman–Crippen LogP) is 1.19. The minimum Gasteiger partial charge on any atom is -0.282 e. The summed E-state index contributed by atoms with van der Waals surface area (Å²) in [6, 6.07) is 7.63. The maximum Gasteiger partial charge on any atom is 0.170 e. The van der Waals surface area contributed by atoms with Crippen LogP contribution < -0.4 is 0 Å². The van der Waals surface area contributed by atoms with Crippen LogP contribution in [-0.4, -0.2) is 24.8 Å². The Morgan fingerprint density at radius 1 is 1.00 bits per heavy atom. The molecule has 0 atom stereocenters. The number of hydrogen-bond donors (Lipinski definition) is 0. The van der Waals surface area contributed by atoms with Gasteiger partial charge in [0, 0.05) is 11.8 Å². The lowest BCUT2D eigenvalue weighted by atomic mass is 10.3. The molecule has 0 aliphatic carbocycles. The van der Waals surface area contributed by atoms with Crippen LogP contribution in [0.25, 0.3) is 17.0 Å². The van der Waals surface area contributed by atoms with Gasteiger partial charge in [-0.05, 0) is 18.2 Å². The molecule has 3 aromatic rings. The van der Waals surface area contributed by atoms with Crippen LogP contribution >= 0.6 is 0 Å². The third-order valence-electron chi connectivity index (χ3n) is 2.16. The highest BCUT2D eigenvalue weighted by Gasteiger charge is 2.06. The van der Waals surface area contributed by atoms with E-state index in [-0.39, 0.29) is 0 Å². The molecule has 0 aliphatic heterocycles. The van der Waals surface area contributed by atoms with Crippen LogP contribution in [0.1, 0.15) is 0 Å². The van der Waals surface area contributed by atoms with Crippen molar-refractivity contribution in [2.45, 2.75) is 0 Å². The van der Waals surface area contributed by atoms with E-state index in [0.717, 1.165) is 17.0 Å². The lowest BCUT2D eigenvalue weighted by Gasteiger charge is -1.97. The van der Waals surface area contributed by atoms with E-state index in [1.807, 2.05) is 34.9 Å². The largest absolute Gasteiger partial charge is 0.282 e. The van der Waals surface area contributed by atoms with Gasteiger partial charge in [0.25, 0.3) is 0 Å². The Morgan fingerprint density at radius 2 is 2.00 bits per heavy atom. The Kier molecular flexibility index (Phi) is 1.68. The monoisotopic (exact) mass is 197 g/mol. The normalized spacial score (nSPS) is 10.7. The van der Waals surface area contributed by atoms with Crippen molar-refractivity contribution in [2.24, 2.45) is 0 Å². The zero-order valence-corrected chi connectivity index (χ0v) is 7.78. The van der Waals surface area contributed by atoms with E-state index in [0.29, 0.717) is 0 Å². The second kappa shape index (κ2) is 3.13. The molecule has 0 unspecified atom stereocenters. The Bertz CT molecular complexity index is 587. The molecule has 0 aliphatic rings. The molecule has 5 heteroatoms. The van der Waals surface area contributed by atoms with E-state index in [1.165, 1.54) is 0 Å². The summed E-state index contributed by atoms with van der Waals surface area (Å²) in [4.78, 5) is 0. The van der Waals surface area contributed by atoms with Gasteiger partial charge in [-0.3, -0.25) is 4.40 Å². The van der Waals surface area contributed by atoms with E-state index >= 15 is 0 Å². The first-order valence-electron chi connectivity index (χ1n) is 4.52. The number of aromatic nitrogens is 5. The topological polar surface area (TPSA) is 56.0 Å². The summed E-state index contributed by atoms with van der Waals surface area (Å²) < 4.78 is 1.91. The molecule has 0 amide bonds. The molecule has 0 aromatic carbocycles. The van der Waals surface area contributed by atoms with Gasteiger partial charge in [-0.1, -0.05) is 6.07 Å². The van der Waals surface area contributed by atoms with E-state index in [1.54, 1.807) is 12.4 Å². The number of rotatable bonds is 1. The zero-order chi connectivity index (χ0) is 10.1. The Hall–Kier alpha value is -2.30. The van der Waals surface area contributed by atoms with Crippen molar-refractivity contribution in [3.05, 3.63) is 42.9 Å². The van der Waals surface area contributed by atoms with Crippen LogP contribution in [0.3, 0.4) is 0 Å². The van der Waals surface area contributed by atoms with Crippen molar-refractivity contribution < 1.29 is 0 Å². The van der Waals surface area contributed by atoms with Gasteiger partial charge in [-0.15, -0.1) is 10.2 Å². The molecule has 0 saturated carbocycles. The van der Waals surface area contributed by atoms with Gasteiger partial charge < -0.3 is 0 Å². The summed E-state index contributed by atoms with van der Waals surface area (Å²) in [5.41, 5.74) is 1.73. The second-order valence-electron chi connectivity index (χ2n) is 3.08. The molecule has 0 spiro atoms. The van der Waals surface area contributed by atoms with Crippen LogP contribution in [0.4, 0.5) is 0 Å². The van der Waals surface area contributed by atoms with Crippen molar-refractivity contribution in [3.63, 3.8) is 0 Å². The van der Waals surface area contributed by atoms with Crippen molar-refractivity contribution in [3.8, 4) is 11.4 Å². The number of nitrogens with zero attached hydrogens (tertiary/aromatic N) is 5. The van der Waals surface area contributed by atoms with Crippen LogP contribution in [0.2, 0.25) is 0 Å². The zero-order valence-electron chi connectivity index (χ0n) is 7.78. The maximum atomic E-state index is 4.11. The van der Waals surface area contributed by atoms with Gasteiger partial charge in [0.1, 0.15) is 0 Å². The summed E-state index contributed by atoms with van der Waals surface area (Å²) in [6.45, 7) is 0. The van der Waals surface area contributed by atoms with Crippen molar-refractivity contribution in [2.75, 3.05) is 0 Å². The molecule has 5 nitrogen and oxygen atoms in total. The molecular weight excluding hydrogens is 190 g/mol. The van der Waals surface area contributed by atoms with Gasteiger partial charge in [0.05, 0.1) is 12.4 Å². The summed E-state index contributed by atoms with van der Waals surface area (Å²) in [6.07, 6.45) is 5.23. The molecular formula is C10H7N5. The smallest absolute Gasteiger partial charge is 0.170 e. The van der Waals surface area contributed by atoms with Crippen LogP contribution in [0.5, 0.6) is 0 Å². The van der Waals surface area contributed by atoms with Crippen molar-refractivity contribution in [1.82, 2.24) is 24.8 Å². The predicted molar refractivity (Wildman–Crippen MR) is 54.0 cm³/mol. The van der Waals surface area contributed by atoms with Crippen molar-refractivity contribution >= 4 is 5.65 Å². The molecule has 15 heavy (non-hydrogen) atoms. The molecule has 3 aromatic heterocycles. The molecule has 0 radical (unpaired) electrons. The standard InChI is InChI=1S/C10H7N5/c1-2-6-15-9(3-1)13-14-10(15)8-4-5-11-12-7-8/h1-7H. The van der Waals surface area contributed by atoms with E-state index in [4.69, 9.17) is 0 Å². The first-order valence-corrected chi connectivity index (χ1v) is 4.52. The first-order chi connectivity index (χ1) is 7.45. The fourth-order valence-corrected chi connectivity index (χ4v) is 1.46.